The molecule has 0 atom stereocenters. The minimum Gasteiger partial charge on any atom is -0.481 e. The summed E-state index contributed by atoms with van der Waals surface area (Å²) < 4.78 is 41.1. The normalized spacial score (nSPS) is 14.8. The van der Waals surface area contributed by atoms with Gasteiger partial charge in [-0.1, -0.05) is 29.8 Å². The molecule has 0 bridgehead atoms. The van der Waals surface area contributed by atoms with Gasteiger partial charge in [0.25, 0.3) is 5.91 Å². The lowest BCUT2D eigenvalue weighted by atomic mass is 9.93. The van der Waals surface area contributed by atoms with Crippen molar-refractivity contribution in [1.82, 2.24) is 14.7 Å². The number of aryl methyl sites for hydroxylation is 2. The molecule has 1 fully saturated rings. The van der Waals surface area contributed by atoms with Crippen LogP contribution in [0, 0.1) is 19.8 Å². The van der Waals surface area contributed by atoms with Crippen molar-refractivity contribution >= 4 is 51.7 Å². The SMILES string of the molecule is C=C(c1ccc(Cl)c(C(=O)n2nc(C)c3cc(C(F)(F)F)cc(C)c32)c1Cl)N1CCC(CC(=O)O)CC1. The van der Waals surface area contributed by atoms with Gasteiger partial charge in [0.15, 0.2) is 0 Å². The van der Waals surface area contributed by atoms with Crippen molar-refractivity contribution in [1.29, 1.82) is 0 Å². The molecule has 1 aliphatic rings. The van der Waals surface area contributed by atoms with Crippen LogP contribution < -0.4 is 0 Å². The first-order valence-corrected chi connectivity index (χ1v) is 12.3. The van der Waals surface area contributed by atoms with Gasteiger partial charge >= 0.3 is 12.1 Å². The average molecular weight is 554 g/mol. The number of nitrogens with zero attached hydrogens (tertiary/aromatic N) is 3. The summed E-state index contributed by atoms with van der Waals surface area (Å²) >= 11 is 13.1. The molecule has 1 N–H and O–H groups in total. The van der Waals surface area contributed by atoms with E-state index >= 15 is 0 Å². The van der Waals surface area contributed by atoms with Crippen molar-refractivity contribution in [3.63, 3.8) is 0 Å². The highest BCUT2D eigenvalue weighted by atomic mass is 35.5. The first kappa shape index (κ1) is 27.0. The second-order valence-corrected chi connectivity index (χ2v) is 10.0. The van der Waals surface area contributed by atoms with E-state index < -0.39 is 23.6 Å². The highest BCUT2D eigenvalue weighted by molar-refractivity contribution is 6.41. The zero-order valence-corrected chi connectivity index (χ0v) is 21.6. The number of likely N-dealkylation sites (tertiary alicyclic amines) is 1. The second-order valence-electron chi connectivity index (χ2n) is 9.25. The summed E-state index contributed by atoms with van der Waals surface area (Å²) in [5.41, 5.74) is 0.922. The van der Waals surface area contributed by atoms with E-state index in [0.717, 1.165) is 16.8 Å². The fourth-order valence-corrected chi connectivity index (χ4v) is 5.44. The predicted molar refractivity (Wildman–Crippen MR) is 136 cm³/mol. The zero-order valence-electron chi connectivity index (χ0n) is 20.1. The van der Waals surface area contributed by atoms with Crippen LogP contribution in [0.15, 0.2) is 30.8 Å². The lowest BCUT2D eigenvalue weighted by molar-refractivity contribution is -0.139. The Hall–Kier alpha value is -3.04. The van der Waals surface area contributed by atoms with E-state index in [1.807, 2.05) is 4.90 Å². The zero-order chi connectivity index (χ0) is 27.2. The molecular formula is C26H24Cl2F3N3O3. The maximum Gasteiger partial charge on any atom is 0.416 e. The Balaban J connectivity index is 1.70. The number of hydrogen-bond donors (Lipinski definition) is 1. The molecule has 11 heteroatoms. The summed E-state index contributed by atoms with van der Waals surface area (Å²) in [4.78, 5) is 26.7. The van der Waals surface area contributed by atoms with Gasteiger partial charge in [0.1, 0.15) is 0 Å². The van der Waals surface area contributed by atoms with Gasteiger partial charge in [-0.25, -0.2) is 0 Å². The summed E-state index contributed by atoms with van der Waals surface area (Å²) in [5.74, 6) is -1.42. The molecule has 0 unspecified atom stereocenters. The average Bonchev–Trinajstić information content (AvgIpc) is 3.15. The maximum absolute atomic E-state index is 13.7. The standard InChI is InChI=1S/C26H24Cl2F3N3O3/c1-13-10-17(26(29,30)31)12-19-14(2)32-34(24(13)19)25(37)22-20(27)5-4-18(23(22)28)15(3)33-8-6-16(7-9-33)11-21(35)36/h4-5,10,12,16H,3,6-9,11H2,1-2H3,(H,35,36). The molecule has 196 valence electrons. The van der Waals surface area contributed by atoms with Crippen LogP contribution in [-0.2, 0) is 11.0 Å². The molecule has 3 aromatic rings. The number of aromatic nitrogens is 2. The smallest absolute Gasteiger partial charge is 0.416 e. The molecule has 0 amide bonds. The summed E-state index contributed by atoms with van der Waals surface area (Å²) in [6.07, 6.45) is -3.07. The van der Waals surface area contributed by atoms with E-state index in [1.54, 1.807) is 6.07 Å². The Morgan fingerprint density at radius 1 is 1.16 bits per heavy atom. The van der Waals surface area contributed by atoms with Crippen molar-refractivity contribution in [2.24, 2.45) is 5.92 Å². The molecule has 2 aromatic carbocycles. The molecule has 0 radical (unpaired) electrons. The van der Waals surface area contributed by atoms with Gasteiger partial charge in [-0.15, -0.1) is 0 Å². The monoisotopic (exact) mass is 553 g/mol. The van der Waals surface area contributed by atoms with Crippen molar-refractivity contribution in [3.05, 3.63) is 68.8 Å². The quantitative estimate of drug-likeness (QED) is 0.375. The van der Waals surface area contributed by atoms with Crippen molar-refractivity contribution in [2.75, 3.05) is 13.1 Å². The van der Waals surface area contributed by atoms with Gasteiger partial charge in [-0.05, 0) is 62.4 Å². The maximum atomic E-state index is 13.7. The molecule has 2 heterocycles. The van der Waals surface area contributed by atoms with E-state index in [1.165, 1.54) is 19.9 Å². The van der Waals surface area contributed by atoms with Crippen LogP contribution in [0.4, 0.5) is 13.2 Å². The number of benzene rings is 2. The molecular weight excluding hydrogens is 530 g/mol. The lowest BCUT2D eigenvalue weighted by Gasteiger charge is -2.34. The van der Waals surface area contributed by atoms with Gasteiger partial charge in [0.05, 0.1) is 32.4 Å². The van der Waals surface area contributed by atoms with Crippen molar-refractivity contribution in [2.45, 2.75) is 39.3 Å². The van der Waals surface area contributed by atoms with E-state index in [2.05, 4.69) is 11.7 Å². The lowest BCUT2D eigenvalue weighted by Crippen LogP contribution is -2.33. The van der Waals surface area contributed by atoms with Crippen molar-refractivity contribution in [3.8, 4) is 0 Å². The minimum absolute atomic E-state index is 0.0357. The van der Waals surface area contributed by atoms with Crippen LogP contribution in [0.1, 0.15) is 52.0 Å². The second kappa shape index (κ2) is 10.0. The Morgan fingerprint density at radius 2 is 1.81 bits per heavy atom. The van der Waals surface area contributed by atoms with Gasteiger partial charge in [0, 0.05) is 36.2 Å². The van der Waals surface area contributed by atoms with Crippen LogP contribution in [0.2, 0.25) is 10.0 Å². The summed E-state index contributed by atoms with van der Waals surface area (Å²) in [5, 5.41) is 13.6. The number of carbonyl (C=O) groups is 2. The van der Waals surface area contributed by atoms with E-state index in [0.29, 0.717) is 37.2 Å². The Morgan fingerprint density at radius 3 is 2.41 bits per heavy atom. The van der Waals surface area contributed by atoms with Gasteiger partial charge in [-0.2, -0.15) is 23.0 Å². The molecule has 1 saturated heterocycles. The van der Waals surface area contributed by atoms with Crippen LogP contribution in [0.3, 0.4) is 0 Å². The first-order valence-electron chi connectivity index (χ1n) is 11.6. The molecule has 1 aliphatic heterocycles. The summed E-state index contributed by atoms with van der Waals surface area (Å²) in [6, 6.07) is 5.12. The number of carbonyl (C=O) groups excluding carboxylic acids is 1. The first-order chi connectivity index (χ1) is 17.3. The number of fused-ring (bicyclic) bond motifs is 1. The highest BCUT2D eigenvalue weighted by Gasteiger charge is 2.33. The topological polar surface area (TPSA) is 75.4 Å². The highest BCUT2D eigenvalue weighted by Crippen LogP contribution is 2.38. The van der Waals surface area contributed by atoms with Crippen molar-refractivity contribution < 1.29 is 27.9 Å². The van der Waals surface area contributed by atoms with Gasteiger partial charge in [-0.3, -0.25) is 9.59 Å². The number of rotatable bonds is 5. The number of carboxylic acids is 1. The fraction of sp³-hybridized carbons (Fsp3) is 0.346. The molecule has 0 aliphatic carbocycles. The largest absolute Gasteiger partial charge is 0.481 e. The molecule has 6 nitrogen and oxygen atoms in total. The Bertz CT molecular complexity index is 1420. The molecule has 0 spiro atoms. The third kappa shape index (κ3) is 5.20. The molecule has 1 aromatic heterocycles. The molecule has 4 rings (SSSR count). The Labute approximate surface area is 221 Å². The van der Waals surface area contributed by atoms with Crippen LogP contribution in [0.5, 0.6) is 0 Å². The summed E-state index contributed by atoms with van der Waals surface area (Å²) in [7, 11) is 0. The van der Waals surface area contributed by atoms with E-state index in [-0.39, 0.29) is 50.1 Å². The molecule has 0 saturated carbocycles. The third-order valence-corrected chi connectivity index (χ3v) is 7.45. The Kier molecular flexibility index (Phi) is 7.32. The third-order valence-electron chi connectivity index (χ3n) is 6.75. The number of carboxylic acid groups (broad SMARTS) is 1. The van der Waals surface area contributed by atoms with E-state index in [9.17, 15) is 22.8 Å². The van der Waals surface area contributed by atoms with E-state index in [4.69, 9.17) is 28.3 Å². The summed E-state index contributed by atoms with van der Waals surface area (Å²) in [6.45, 7) is 8.33. The van der Waals surface area contributed by atoms with Gasteiger partial charge < -0.3 is 10.0 Å². The fourth-order valence-electron chi connectivity index (χ4n) is 4.80. The number of piperidine rings is 1. The van der Waals surface area contributed by atoms with Gasteiger partial charge in [0.2, 0.25) is 0 Å². The van der Waals surface area contributed by atoms with Crippen LogP contribution in [0.25, 0.3) is 16.6 Å². The minimum atomic E-state index is -4.54. The number of alkyl halides is 3. The molecule has 37 heavy (non-hydrogen) atoms. The number of aliphatic carboxylic acids is 1. The van der Waals surface area contributed by atoms with Crippen LogP contribution >= 0.6 is 23.2 Å². The number of hydrogen-bond acceptors (Lipinski definition) is 4. The van der Waals surface area contributed by atoms with Crippen LogP contribution in [-0.4, -0.2) is 44.8 Å². The number of halogens is 5. The predicted octanol–water partition coefficient (Wildman–Crippen LogP) is 6.82.